The molecule has 2 rings (SSSR count). The first kappa shape index (κ1) is 11.0. The predicted molar refractivity (Wildman–Crippen MR) is 58.1 cm³/mol. The fourth-order valence-corrected chi connectivity index (χ4v) is 1.69. The Morgan fingerprint density at radius 1 is 1.59 bits per heavy atom. The number of carbonyl (C=O) groups is 1. The maximum Gasteiger partial charge on any atom is 0.346 e. The molecule has 0 aromatic carbocycles. The molecule has 0 aliphatic rings. The van der Waals surface area contributed by atoms with Crippen molar-refractivity contribution in [2.45, 2.75) is 0 Å². The molecule has 0 amide bonds. The van der Waals surface area contributed by atoms with E-state index in [1.807, 2.05) is 6.07 Å². The van der Waals surface area contributed by atoms with E-state index in [2.05, 4.69) is 9.97 Å². The molecule has 7 heteroatoms. The number of hydrogen-bond donors (Lipinski definition) is 1. The van der Waals surface area contributed by atoms with Gasteiger partial charge in [-0.25, -0.2) is 9.78 Å². The third-order valence-electron chi connectivity index (χ3n) is 1.74. The molecule has 6 nitrogen and oxygen atoms in total. The number of nitrogens with zero attached hydrogens (tertiary/aromatic N) is 3. The number of aromatic carboxylic acids is 1. The Morgan fingerprint density at radius 3 is 3.06 bits per heavy atom. The van der Waals surface area contributed by atoms with E-state index < -0.39 is 5.97 Å². The van der Waals surface area contributed by atoms with Crippen LogP contribution in [0.25, 0.3) is 0 Å². The number of aromatic nitrogens is 2. The van der Waals surface area contributed by atoms with Crippen molar-refractivity contribution in [1.29, 1.82) is 5.26 Å². The third kappa shape index (κ3) is 2.56. The Labute approximate surface area is 99.8 Å². The topological polar surface area (TPSA) is 96.1 Å². The molecular weight excluding hydrogens is 242 g/mol. The lowest BCUT2D eigenvalue weighted by atomic mass is 10.4. The van der Waals surface area contributed by atoms with Crippen molar-refractivity contribution in [3.63, 3.8) is 0 Å². The van der Waals surface area contributed by atoms with Crippen LogP contribution in [-0.4, -0.2) is 21.0 Å². The molecule has 0 bridgehead atoms. The van der Waals surface area contributed by atoms with Gasteiger partial charge in [0, 0.05) is 17.6 Å². The molecule has 2 aromatic heterocycles. The van der Waals surface area contributed by atoms with Crippen LogP contribution < -0.4 is 4.74 Å². The Kier molecular flexibility index (Phi) is 2.98. The van der Waals surface area contributed by atoms with Gasteiger partial charge in [0.05, 0.1) is 0 Å². The highest BCUT2D eigenvalue weighted by Gasteiger charge is 2.09. The van der Waals surface area contributed by atoms with Gasteiger partial charge in [0.15, 0.2) is 0 Å². The van der Waals surface area contributed by atoms with Gasteiger partial charge in [0.25, 0.3) is 0 Å². The van der Waals surface area contributed by atoms with Crippen LogP contribution in [0.4, 0.5) is 0 Å². The van der Waals surface area contributed by atoms with Crippen LogP contribution in [0.3, 0.4) is 0 Å². The second kappa shape index (κ2) is 4.59. The normalized spacial score (nSPS) is 9.59. The Hall–Kier alpha value is -2.46. The molecule has 1 N–H and O–H groups in total. The van der Waals surface area contributed by atoms with E-state index in [1.165, 1.54) is 23.7 Å². The highest BCUT2D eigenvalue weighted by molar-refractivity contribution is 7.12. The van der Waals surface area contributed by atoms with Gasteiger partial charge in [-0.3, -0.25) is 0 Å². The van der Waals surface area contributed by atoms with Gasteiger partial charge in [0.2, 0.25) is 0 Å². The quantitative estimate of drug-likeness (QED) is 0.889. The number of nitriles is 1. The molecule has 0 unspecified atom stereocenters. The van der Waals surface area contributed by atoms with Crippen LogP contribution in [0.5, 0.6) is 11.8 Å². The first-order chi connectivity index (χ1) is 8.19. The molecule has 2 heterocycles. The highest BCUT2D eigenvalue weighted by atomic mass is 32.1. The first-order valence-corrected chi connectivity index (χ1v) is 5.30. The molecule has 0 fully saturated rings. The van der Waals surface area contributed by atoms with E-state index in [0.29, 0.717) is 5.75 Å². The summed E-state index contributed by atoms with van der Waals surface area (Å²) < 4.78 is 5.23. The zero-order valence-corrected chi connectivity index (χ0v) is 9.14. The number of thiophene rings is 1. The predicted octanol–water partition coefficient (Wildman–Crippen LogP) is 1.90. The standard InChI is InChI=1S/C10H5N3O3S/c11-4-6-1-2-12-10(13-6)16-7-3-8(9(14)15)17-5-7/h1-3,5H,(H,14,15). The Bertz CT molecular complexity index is 603. The van der Waals surface area contributed by atoms with Gasteiger partial charge in [0.1, 0.15) is 22.4 Å². The van der Waals surface area contributed by atoms with Gasteiger partial charge >= 0.3 is 12.0 Å². The maximum absolute atomic E-state index is 10.6. The largest absolute Gasteiger partial charge is 0.477 e. The summed E-state index contributed by atoms with van der Waals surface area (Å²) in [5, 5.41) is 18.9. The minimum Gasteiger partial charge on any atom is -0.477 e. The summed E-state index contributed by atoms with van der Waals surface area (Å²) in [5.74, 6) is -0.681. The van der Waals surface area contributed by atoms with Crippen molar-refractivity contribution in [2.75, 3.05) is 0 Å². The lowest BCUT2D eigenvalue weighted by molar-refractivity contribution is 0.0702. The molecule has 0 saturated carbocycles. The Morgan fingerprint density at radius 2 is 2.41 bits per heavy atom. The van der Waals surface area contributed by atoms with Crippen LogP contribution in [0, 0.1) is 11.3 Å². The summed E-state index contributed by atoms with van der Waals surface area (Å²) in [6, 6.07) is 4.68. The van der Waals surface area contributed by atoms with E-state index in [0.717, 1.165) is 11.3 Å². The van der Waals surface area contributed by atoms with Crippen molar-refractivity contribution in [3.8, 4) is 17.8 Å². The van der Waals surface area contributed by atoms with Crippen LogP contribution in [-0.2, 0) is 0 Å². The zero-order valence-electron chi connectivity index (χ0n) is 8.32. The van der Waals surface area contributed by atoms with Crippen molar-refractivity contribution < 1.29 is 14.6 Å². The Balaban J connectivity index is 2.19. The maximum atomic E-state index is 10.6. The summed E-state index contributed by atoms with van der Waals surface area (Å²) in [7, 11) is 0. The SMILES string of the molecule is N#Cc1ccnc(Oc2csc(C(=O)O)c2)n1. The van der Waals surface area contributed by atoms with Crippen LogP contribution in [0.15, 0.2) is 23.7 Å². The van der Waals surface area contributed by atoms with Crippen molar-refractivity contribution in [3.05, 3.63) is 34.3 Å². The number of carboxylic acid groups (broad SMARTS) is 1. The molecule has 2 aromatic rings. The average molecular weight is 247 g/mol. The van der Waals surface area contributed by atoms with Crippen LogP contribution in [0.1, 0.15) is 15.4 Å². The monoisotopic (exact) mass is 247 g/mol. The second-order valence-electron chi connectivity index (χ2n) is 2.89. The summed E-state index contributed by atoms with van der Waals surface area (Å²) in [6.45, 7) is 0. The van der Waals surface area contributed by atoms with Crippen molar-refractivity contribution in [2.24, 2.45) is 0 Å². The second-order valence-corrected chi connectivity index (χ2v) is 3.80. The molecule has 0 atom stereocenters. The third-order valence-corrected chi connectivity index (χ3v) is 2.64. The lowest BCUT2D eigenvalue weighted by Crippen LogP contribution is -1.93. The molecule has 0 radical (unpaired) electrons. The molecular formula is C10H5N3O3S. The molecule has 0 saturated heterocycles. The van der Waals surface area contributed by atoms with Crippen molar-refractivity contribution in [1.82, 2.24) is 9.97 Å². The smallest absolute Gasteiger partial charge is 0.346 e. The number of rotatable bonds is 3. The number of ether oxygens (including phenoxy) is 1. The number of carboxylic acids is 1. The van der Waals surface area contributed by atoms with E-state index in [1.54, 1.807) is 0 Å². The van der Waals surface area contributed by atoms with E-state index >= 15 is 0 Å². The fourth-order valence-electron chi connectivity index (χ4n) is 1.04. The minimum atomic E-state index is -1.02. The molecule has 0 aliphatic heterocycles. The van der Waals surface area contributed by atoms with E-state index in [4.69, 9.17) is 15.1 Å². The van der Waals surface area contributed by atoms with Gasteiger partial charge < -0.3 is 9.84 Å². The minimum absolute atomic E-state index is 0.0128. The van der Waals surface area contributed by atoms with Crippen LogP contribution in [0.2, 0.25) is 0 Å². The first-order valence-electron chi connectivity index (χ1n) is 4.42. The molecule has 0 spiro atoms. The van der Waals surface area contributed by atoms with Crippen molar-refractivity contribution >= 4 is 17.3 Å². The van der Waals surface area contributed by atoms with E-state index in [9.17, 15) is 4.79 Å². The molecule has 84 valence electrons. The fraction of sp³-hybridized carbons (Fsp3) is 0. The lowest BCUT2D eigenvalue weighted by Gasteiger charge is -1.99. The zero-order chi connectivity index (χ0) is 12.3. The van der Waals surface area contributed by atoms with Gasteiger partial charge in [-0.1, -0.05) is 0 Å². The summed E-state index contributed by atoms with van der Waals surface area (Å²) >= 11 is 1.04. The van der Waals surface area contributed by atoms with Gasteiger partial charge in [-0.15, -0.1) is 11.3 Å². The summed E-state index contributed by atoms with van der Waals surface area (Å²) in [4.78, 5) is 18.4. The van der Waals surface area contributed by atoms with E-state index in [-0.39, 0.29) is 16.6 Å². The average Bonchev–Trinajstić information content (AvgIpc) is 2.78. The molecule has 0 aliphatic carbocycles. The van der Waals surface area contributed by atoms with Gasteiger partial charge in [-0.2, -0.15) is 10.2 Å². The highest BCUT2D eigenvalue weighted by Crippen LogP contribution is 2.24. The molecule has 17 heavy (non-hydrogen) atoms. The number of hydrogen-bond acceptors (Lipinski definition) is 6. The summed E-state index contributed by atoms with van der Waals surface area (Å²) in [5.41, 5.74) is 0.184. The van der Waals surface area contributed by atoms with Gasteiger partial charge in [-0.05, 0) is 6.07 Å². The van der Waals surface area contributed by atoms with Crippen LogP contribution >= 0.6 is 11.3 Å². The summed E-state index contributed by atoms with van der Waals surface area (Å²) in [6.07, 6.45) is 1.39.